The van der Waals surface area contributed by atoms with E-state index in [4.69, 9.17) is 14.6 Å². The zero-order valence-corrected chi connectivity index (χ0v) is 28.3. The maximum Gasteiger partial charge on any atom is 0.293 e. The first-order chi connectivity index (χ1) is 21.9. The van der Waals surface area contributed by atoms with Crippen molar-refractivity contribution in [2.24, 2.45) is 11.8 Å². The molecule has 2 aromatic carbocycles. The van der Waals surface area contributed by atoms with Crippen molar-refractivity contribution in [1.29, 1.82) is 0 Å². The predicted octanol–water partition coefficient (Wildman–Crippen LogP) is 7.62. The van der Waals surface area contributed by atoms with Gasteiger partial charge in [-0.2, -0.15) is 0 Å². The SMILES string of the molecule is CC.CC(C)(C)OC=O.CO.Cc1cc(OCC2CC(O)C2)cc(C)c1-c1cc(COc2cc3c(cn2)C2CC2C3)c(F)cc1F. The molecule has 1 heterocycles. The van der Waals surface area contributed by atoms with Crippen molar-refractivity contribution in [3.63, 3.8) is 0 Å². The first-order valence-electron chi connectivity index (χ1n) is 16.0. The molecule has 0 aliphatic heterocycles. The fourth-order valence-electron chi connectivity index (χ4n) is 5.89. The van der Waals surface area contributed by atoms with Gasteiger partial charge in [0.2, 0.25) is 5.88 Å². The van der Waals surface area contributed by atoms with Gasteiger partial charge in [-0.25, -0.2) is 13.8 Å². The molecule has 2 N–H and O–H groups in total. The van der Waals surface area contributed by atoms with Gasteiger partial charge in [-0.05, 0) is 124 Å². The second-order valence-corrected chi connectivity index (χ2v) is 12.8. The van der Waals surface area contributed by atoms with Gasteiger partial charge in [-0.15, -0.1) is 0 Å². The molecule has 2 fully saturated rings. The van der Waals surface area contributed by atoms with Gasteiger partial charge in [-0.3, -0.25) is 4.79 Å². The van der Waals surface area contributed by atoms with Crippen molar-refractivity contribution in [1.82, 2.24) is 4.98 Å². The zero-order chi connectivity index (χ0) is 34.2. The van der Waals surface area contributed by atoms with E-state index in [9.17, 15) is 18.7 Å². The molecule has 3 aliphatic carbocycles. The van der Waals surface area contributed by atoms with Gasteiger partial charge in [0.15, 0.2) is 0 Å². The van der Waals surface area contributed by atoms with Crippen LogP contribution < -0.4 is 9.47 Å². The monoisotopic (exact) mass is 641 g/mol. The van der Waals surface area contributed by atoms with Crippen LogP contribution in [-0.4, -0.2) is 47.1 Å². The van der Waals surface area contributed by atoms with Gasteiger partial charge in [0.05, 0.1) is 12.7 Å². The molecule has 0 spiro atoms. The number of benzene rings is 2. The first kappa shape index (κ1) is 36.9. The molecule has 0 amide bonds. The Morgan fingerprint density at radius 2 is 1.61 bits per heavy atom. The number of carbonyl (C=O) groups excluding carboxylic acids is 1. The van der Waals surface area contributed by atoms with Crippen LogP contribution in [0.4, 0.5) is 8.78 Å². The van der Waals surface area contributed by atoms with E-state index in [0.717, 1.165) is 60.8 Å². The number of aryl methyl sites for hydroxylation is 2. The summed E-state index contributed by atoms with van der Waals surface area (Å²) < 4.78 is 45.9. The van der Waals surface area contributed by atoms with Crippen LogP contribution in [0.25, 0.3) is 11.1 Å². The van der Waals surface area contributed by atoms with E-state index in [-0.39, 0.29) is 23.9 Å². The summed E-state index contributed by atoms with van der Waals surface area (Å²) >= 11 is 0. The maximum atomic E-state index is 14.9. The second-order valence-electron chi connectivity index (χ2n) is 12.8. The van der Waals surface area contributed by atoms with Crippen molar-refractivity contribution >= 4 is 6.47 Å². The second kappa shape index (κ2) is 16.3. The van der Waals surface area contributed by atoms with Gasteiger partial charge < -0.3 is 24.4 Å². The fourth-order valence-corrected chi connectivity index (χ4v) is 5.89. The lowest BCUT2D eigenvalue weighted by Crippen LogP contribution is -2.32. The number of aliphatic hydroxyl groups excluding tert-OH is 2. The van der Waals surface area contributed by atoms with Gasteiger partial charge in [0.1, 0.15) is 29.6 Å². The molecule has 3 aliphatic rings. The predicted molar refractivity (Wildman–Crippen MR) is 175 cm³/mol. The molecule has 7 nitrogen and oxygen atoms in total. The molecule has 0 saturated heterocycles. The average molecular weight is 642 g/mol. The van der Waals surface area contributed by atoms with Crippen LogP contribution in [0.2, 0.25) is 0 Å². The number of ether oxygens (including phenoxy) is 3. The molecule has 2 saturated carbocycles. The zero-order valence-electron chi connectivity index (χ0n) is 28.3. The van der Waals surface area contributed by atoms with Gasteiger partial charge in [0.25, 0.3) is 6.47 Å². The summed E-state index contributed by atoms with van der Waals surface area (Å²) in [4.78, 5) is 14.0. The standard InChI is InChI=1S/C29H29F2NO3.C5H10O2.C2H6.CH4O/c1-15-3-22(34-13-17-5-21(33)6-17)4-16(2)29(15)24-9-20(26(30)11-27(24)31)14-35-28-10-19-7-18-8-23(18)25(19)12-32-28;1-5(2,3)7-4-6;2*1-2/h3-4,9-12,17-18,21,23,33H,5-8,13-14H2,1-2H3;4H,1-3H3;1-2H3;2H,1H3. The lowest BCUT2D eigenvalue weighted by atomic mass is 9.83. The Balaban J connectivity index is 0.000000460. The third kappa shape index (κ3) is 9.48. The van der Waals surface area contributed by atoms with Crippen LogP contribution in [0.15, 0.2) is 36.5 Å². The molecule has 1 aromatic heterocycles. The minimum Gasteiger partial charge on any atom is -0.493 e. The number of nitrogens with zero attached hydrogens (tertiary/aromatic N) is 1. The normalized spacial score (nSPS) is 20.1. The number of pyridine rings is 1. The van der Waals surface area contributed by atoms with E-state index in [1.54, 1.807) is 6.07 Å². The number of aliphatic hydroxyl groups is 2. The molecule has 252 valence electrons. The summed E-state index contributed by atoms with van der Waals surface area (Å²) in [5.74, 6) is 1.75. The van der Waals surface area contributed by atoms with Crippen LogP contribution >= 0.6 is 0 Å². The lowest BCUT2D eigenvalue weighted by Gasteiger charge is -2.31. The molecule has 2 unspecified atom stereocenters. The Bertz CT molecular complexity index is 1440. The molecule has 46 heavy (non-hydrogen) atoms. The van der Waals surface area contributed by atoms with Crippen LogP contribution in [0.5, 0.6) is 11.6 Å². The summed E-state index contributed by atoms with van der Waals surface area (Å²) in [5.41, 5.74) is 5.34. The van der Waals surface area contributed by atoms with Gasteiger partial charge in [0, 0.05) is 36.6 Å². The lowest BCUT2D eigenvalue weighted by molar-refractivity contribution is -0.138. The Morgan fingerprint density at radius 1 is 0.957 bits per heavy atom. The summed E-state index contributed by atoms with van der Waals surface area (Å²) in [6.07, 6.45) is 5.54. The molecule has 3 aromatic rings. The molecule has 6 rings (SSSR count). The Hall–Kier alpha value is -3.56. The smallest absolute Gasteiger partial charge is 0.293 e. The van der Waals surface area contributed by atoms with E-state index in [2.05, 4.69) is 9.72 Å². The minimum absolute atomic E-state index is 0.0235. The molecule has 9 heteroatoms. The van der Waals surface area contributed by atoms with E-state index >= 15 is 0 Å². The highest BCUT2D eigenvalue weighted by atomic mass is 19.1. The van der Waals surface area contributed by atoms with Crippen molar-refractivity contribution in [2.45, 2.75) is 98.4 Å². The van der Waals surface area contributed by atoms with E-state index < -0.39 is 11.6 Å². The van der Waals surface area contributed by atoms with E-state index in [1.165, 1.54) is 17.5 Å². The van der Waals surface area contributed by atoms with Crippen LogP contribution in [0.1, 0.15) is 87.6 Å². The van der Waals surface area contributed by atoms with Crippen LogP contribution in [0.3, 0.4) is 0 Å². The number of hydrogen-bond donors (Lipinski definition) is 2. The Labute approximate surface area is 271 Å². The highest BCUT2D eigenvalue weighted by molar-refractivity contribution is 5.73. The highest BCUT2D eigenvalue weighted by Crippen LogP contribution is 2.56. The van der Waals surface area contributed by atoms with Crippen LogP contribution in [-0.2, 0) is 22.6 Å². The quantitative estimate of drug-likeness (QED) is 0.244. The van der Waals surface area contributed by atoms with Crippen molar-refractivity contribution < 1.29 is 38.0 Å². The summed E-state index contributed by atoms with van der Waals surface area (Å²) in [6, 6.07) is 8.20. The van der Waals surface area contributed by atoms with E-state index in [1.807, 2.05) is 72.9 Å². The molecule has 0 bridgehead atoms. The Morgan fingerprint density at radius 3 is 2.17 bits per heavy atom. The van der Waals surface area contributed by atoms with Gasteiger partial charge in [-0.1, -0.05) is 13.8 Å². The first-order valence-corrected chi connectivity index (χ1v) is 16.0. The number of halogens is 2. The van der Waals surface area contributed by atoms with Crippen molar-refractivity contribution in [3.05, 3.63) is 76.0 Å². The summed E-state index contributed by atoms with van der Waals surface area (Å²) in [6.45, 7) is 14.3. The third-order valence-corrected chi connectivity index (χ3v) is 8.19. The summed E-state index contributed by atoms with van der Waals surface area (Å²) in [5, 5.41) is 16.5. The molecule has 0 radical (unpaired) electrons. The van der Waals surface area contributed by atoms with Crippen molar-refractivity contribution in [2.75, 3.05) is 13.7 Å². The third-order valence-electron chi connectivity index (χ3n) is 8.19. The number of rotatable bonds is 8. The topological polar surface area (TPSA) is 98.1 Å². The largest absolute Gasteiger partial charge is 0.493 e. The Kier molecular flexibility index (Phi) is 13.1. The maximum absolute atomic E-state index is 14.9. The highest BCUT2D eigenvalue weighted by Gasteiger charge is 2.45. The van der Waals surface area contributed by atoms with Gasteiger partial charge >= 0.3 is 0 Å². The molecular formula is C37H49F2NO6. The number of fused-ring (bicyclic) bond motifs is 3. The number of carbonyl (C=O) groups is 1. The number of aromatic nitrogens is 1. The molecular weight excluding hydrogens is 592 g/mol. The molecule has 2 atom stereocenters. The fraction of sp³-hybridized carbons (Fsp3) is 0.514. The van der Waals surface area contributed by atoms with Crippen molar-refractivity contribution in [3.8, 4) is 22.8 Å². The minimum atomic E-state index is -0.633. The van der Waals surface area contributed by atoms with E-state index in [0.29, 0.717) is 36.4 Å². The summed E-state index contributed by atoms with van der Waals surface area (Å²) in [7, 11) is 1.00. The number of hydrogen-bond acceptors (Lipinski definition) is 7. The average Bonchev–Trinajstić information content (AvgIpc) is 3.67. The van der Waals surface area contributed by atoms with Crippen LogP contribution in [0, 0.1) is 37.3 Å².